The van der Waals surface area contributed by atoms with Crippen molar-refractivity contribution in [2.45, 2.75) is 32.2 Å². The molecule has 27 heavy (non-hydrogen) atoms. The first-order valence-corrected chi connectivity index (χ1v) is 9.08. The lowest BCUT2D eigenvalue weighted by atomic mass is 10.1. The van der Waals surface area contributed by atoms with E-state index in [1.165, 1.54) is 0 Å². The molecular weight excluding hydrogens is 340 g/mol. The summed E-state index contributed by atoms with van der Waals surface area (Å²) in [6, 6.07) is 13.8. The third-order valence-electron chi connectivity index (χ3n) is 5.06. The van der Waals surface area contributed by atoms with E-state index in [-0.39, 0.29) is 0 Å². The zero-order valence-corrected chi connectivity index (χ0v) is 15.3. The highest BCUT2D eigenvalue weighted by Crippen LogP contribution is 2.24. The Labute approximate surface area is 158 Å². The summed E-state index contributed by atoms with van der Waals surface area (Å²) in [5.74, 6) is 0. The molecule has 0 radical (unpaired) electrons. The highest BCUT2D eigenvalue weighted by atomic mass is 16.3. The summed E-state index contributed by atoms with van der Waals surface area (Å²) in [4.78, 5) is 2.33. The maximum absolute atomic E-state index is 10.7. The second kappa shape index (κ2) is 7.35. The average Bonchev–Trinajstić information content (AvgIpc) is 3.23. The first-order valence-electron chi connectivity index (χ1n) is 9.08. The lowest BCUT2D eigenvalue weighted by Gasteiger charge is -2.20. The summed E-state index contributed by atoms with van der Waals surface area (Å²) in [6.07, 6.45) is 1.86. The van der Waals surface area contributed by atoms with Crippen molar-refractivity contribution in [1.82, 2.24) is 24.5 Å². The van der Waals surface area contributed by atoms with Crippen molar-refractivity contribution in [3.05, 3.63) is 70.8 Å². The molecule has 7 nitrogen and oxygen atoms in total. The molecule has 0 spiro atoms. The van der Waals surface area contributed by atoms with Gasteiger partial charge in [-0.25, -0.2) is 0 Å². The van der Waals surface area contributed by atoms with Gasteiger partial charge in [-0.1, -0.05) is 18.2 Å². The number of hydrogen-bond donors (Lipinski definition) is 1. The van der Waals surface area contributed by atoms with Crippen molar-refractivity contribution in [2.24, 2.45) is 7.05 Å². The number of nitriles is 1. The van der Waals surface area contributed by atoms with Crippen molar-refractivity contribution < 1.29 is 5.11 Å². The number of aliphatic hydroxyl groups is 1. The minimum atomic E-state index is -0.787. The predicted octanol–water partition coefficient (Wildman–Crippen LogP) is 1.98. The molecule has 0 saturated heterocycles. The predicted molar refractivity (Wildman–Crippen MR) is 99.4 cm³/mol. The van der Waals surface area contributed by atoms with Crippen LogP contribution in [0.4, 0.5) is 0 Å². The average molecular weight is 362 g/mol. The fourth-order valence-electron chi connectivity index (χ4n) is 3.63. The number of nitrogens with zero attached hydrogens (tertiary/aromatic N) is 6. The van der Waals surface area contributed by atoms with Crippen molar-refractivity contribution in [3.63, 3.8) is 0 Å². The molecule has 0 saturated carbocycles. The van der Waals surface area contributed by atoms with Gasteiger partial charge in [0.15, 0.2) is 0 Å². The third-order valence-corrected chi connectivity index (χ3v) is 5.06. The number of fused-ring (bicyclic) bond motifs is 1. The van der Waals surface area contributed by atoms with Gasteiger partial charge in [0.05, 0.1) is 28.7 Å². The van der Waals surface area contributed by atoms with Crippen LogP contribution in [-0.4, -0.2) is 36.1 Å². The molecule has 1 unspecified atom stereocenters. The van der Waals surface area contributed by atoms with Crippen molar-refractivity contribution >= 4 is 0 Å². The molecule has 4 rings (SSSR count). The zero-order chi connectivity index (χ0) is 18.8. The number of aromatic nitrogens is 4. The second-order valence-corrected chi connectivity index (χ2v) is 6.90. The number of rotatable bonds is 4. The Balaban J connectivity index is 1.55. The molecule has 1 N–H and O–H groups in total. The number of hydrogen-bond acceptors (Lipinski definition) is 5. The van der Waals surface area contributed by atoms with Crippen LogP contribution < -0.4 is 0 Å². The van der Waals surface area contributed by atoms with Gasteiger partial charge in [0.25, 0.3) is 0 Å². The van der Waals surface area contributed by atoms with Crippen LogP contribution in [0, 0.1) is 11.3 Å². The lowest BCUT2D eigenvalue weighted by molar-refractivity contribution is 0.203. The molecule has 1 atom stereocenters. The SMILES string of the molecule is Cn1nccc1C(O)c1cc2n(n1)CCCN(Cc1ccccc1C#N)C2. The normalized spacial score (nSPS) is 15.7. The smallest absolute Gasteiger partial charge is 0.139 e. The Morgan fingerprint density at radius 1 is 1.26 bits per heavy atom. The Bertz CT molecular complexity index is 983. The summed E-state index contributed by atoms with van der Waals surface area (Å²) < 4.78 is 3.66. The van der Waals surface area contributed by atoms with Gasteiger partial charge < -0.3 is 5.11 Å². The topological polar surface area (TPSA) is 82.9 Å². The summed E-state index contributed by atoms with van der Waals surface area (Å²) in [5, 5.41) is 28.7. The summed E-state index contributed by atoms with van der Waals surface area (Å²) in [5.41, 5.74) is 4.22. The zero-order valence-electron chi connectivity index (χ0n) is 15.3. The number of aryl methyl sites for hydroxylation is 2. The monoisotopic (exact) mass is 362 g/mol. The number of aliphatic hydroxyl groups excluding tert-OH is 1. The quantitative estimate of drug-likeness (QED) is 0.767. The van der Waals surface area contributed by atoms with E-state index in [9.17, 15) is 10.4 Å². The van der Waals surface area contributed by atoms with Crippen LogP contribution in [0.5, 0.6) is 0 Å². The van der Waals surface area contributed by atoms with Gasteiger partial charge >= 0.3 is 0 Å². The minimum absolute atomic E-state index is 0.646. The van der Waals surface area contributed by atoms with Crippen LogP contribution in [0.3, 0.4) is 0 Å². The summed E-state index contributed by atoms with van der Waals surface area (Å²) in [6.45, 7) is 3.24. The van der Waals surface area contributed by atoms with Gasteiger partial charge in [-0.3, -0.25) is 14.3 Å². The van der Waals surface area contributed by atoms with Crippen molar-refractivity contribution in [3.8, 4) is 6.07 Å². The molecule has 1 aliphatic rings. The van der Waals surface area contributed by atoms with E-state index in [0.717, 1.165) is 55.1 Å². The van der Waals surface area contributed by atoms with Gasteiger partial charge in [-0.2, -0.15) is 15.5 Å². The standard InChI is InChI=1S/C20H22N6O/c1-24-19(7-8-22-24)20(27)18-11-17-14-25(9-4-10-26(17)23-18)13-16-6-3-2-5-15(16)12-21/h2-3,5-8,11,20,27H,4,9-10,13-14H2,1H3. The molecule has 0 fully saturated rings. The molecule has 1 aliphatic heterocycles. The third kappa shape index (κ3) is 3.50. The van der Waals surface area contributed by atoms with E-state index in [1.807, 2.05) is 42.1 Å². The van der Waals surface area contributed by atoms with E-state index < -0.39 is 6.10 Å². The molecule has 2 aromatic heterocycles. The van der Waals surface area contributed by atoms with Crippen LogP contribution in [0.2, 0.25) is 0 Å². The second-order valence-electron chi connectivity index (χ2n) is 6.90. The van der Waals surface area contributed by atoms with Crippen LogP contribution in [0.25, 0.3) is 0 Å². The molecule has 0 bridgehead atoms. The highest BCUT2D eigenvalue weighted by molar-refractivity contribution is 5.37. The maximum atomic E-state index is 10.7. The first kappa shape index (κ1) is 17.5. The fourth-order valence-corrected chi connectivity index (χ4v) is 3.63. The van der Waals surface area contributed by atoms with Crippen LogP contribution in [0.1, 0.15) is 40.7 Å². The summed E-state index contributed by atoms with van der Waals surface area (Å²) >= 11 is 0. The number of benzene rings is 1. The molecule has 3 aromatic rings. The summed E-state index contributed by atoms with van der Waals surface area (Å²) in [7, 11) is 1.81. The van der Waals surface area contributed by atoms with Gasteiger partial charge in [0.1, 0.15) is 6.10 Å². The largest absolute Gasteiger partial charge is 0.380 e. The fraction of sp³-hybridized carbons (Fsp3) is 0.350. The van der Waals surface area contributed by atoms with E-state index in [4.69, 9.17) is 0 Å². The molecule has 1 aromatic carbocycles. The molecule has 0 aliphatic carbocycles. The minimum Gasteiger partial charge on any atom is -0.380 e. The molecule has 0 amide bonds. The van der Waals surface area contributed by atoms with E-state index in [1.54, 1.807) is 16.9 Å². The molecule has 3 heterocycles. The Morgan fingerprint density at radius 2 is 2.11 bits per heavy atom. The molecule has 7 heteroatoms. The molecular formula is C20H22N6O. The van der Waals surface area contributed by atoms with Crippen LogP contribution in [-0.2, 0) is 26.7 Å². The van der Waals surface area contributed by atoms with E-state index >= 15 is 0 Å². The first-order chi connectivity index (χ1) is 13.2. The van der Waals surface area contributed by atoms with Crippen LogP contribution >= 0.6 is 0 Å². The van der Waals surface area contributed by atoms with Crippen molar-refractivity contribution in [2.75, 3.05) is 6.54 Å². The highest BCUT2D eigenvalue weighted by Gasteiger charge is 2.22. The molecule has 138 valence electrons. The lowest BCUT2D eigenvalue weighted by Crippen LogP contribution is -2.23. The van der Waals surface area contributed by atoms with Gasteiger partial charge in [0, 0.05) is 39.4 Å². The van der Waals surface area contributed by atoms with Gasteiger partial charge in [-0.15, -0.1) is 0 Å². The van der Waals surface area contributed by atoms with Crippen molar-refractivity contribution in [1.29, 1.82) is 5.26 Å². The Hall–Kier alpha value is -2.95. The van der Waals surface area contributed by atoms with Crippen LogP contribution in [0.15, 0.2) is 42.6 Å². The Kier molecular flexibility index (Phi) is 4.75. The van der Waals surface area contributed by atoms with E-state index in [0.29, 0.717) is 5.69 Å². The Morgan fingerprint density at radius 3 is 2.89 bits per heavy atom. The van der Waals surface area contributed by atoms with Gasteiger partial charge in [0.2, 0.25) is 0 Å². The maximum Gasteiger partial charge on any atom is 0.139 e. The van der Waals surface area contributed by atoms with Gasteiger partial charge in [-0.05, 0) is 30.2 Å². The van der Waals surface area contributed by atoms with E-state index in [2.05, 4.69) is 21.2 Å².